The molecule has 1 aliphatic heterocycles. The molecule has 19 heavy (non-hydrogen) atoms. The molecule has 0 aliphatic carbocycles. The highest BCUT2D eigenvalue weighted by Crippen LogP contribution is 2.27. The van der Waals surface area contributed by atoms with Crippen molar-refractivity contribution in [2.75, 3.05) is 26.7 Å². The van der Waals surface area contributed by atoms with Crippen LogP contribution in [-0.2, 0) is 0 Å². The Kier molecular flexibility index (Phi) is 5.34. The van der Waals surface area contributed by atoms with Crippen LogP contribution in [0.25, 0.3) is 0 Å². The van der Waals surface area contributed by atoms with E-state index in [4.69, 9.17) is 0 Å². The lowest BCUT2D eigenvalue weighted by atomic mass is 9.86. The van der Waals surface area contributed by atoms with Crippen LogP contribution in [-0.4, -0.2) is 36.8 Å². The summed E-state index contributed by atoms with van der Waals surface area (Å²) in [6.07, 6.45) is 4.68. The number of hydrogen-bond donors (Lipinski definition) is 1. The van der Waals surface area contributed by atoms with Crippen LogP contribution in [0.1, 0.15) is 37.2 Å². The zero-order valence-electron chi connectivity index (χ0n) is 11.7. The van der Waals surface area contributed by atoms with E-state index in [9.17, 15) is 9.50 Å². The van der Waals surface area contributed by atoms with Crippen LogP contribution in [0.5, 0.6) is 0 Å². The highest BCUT2D eigenvalue weighted by molar-refractivity contribution is 5.20. The molecule has 0 spiro atoms. The lowest BCUT2D eigenvalue weighted by Gasteiger charge is -2.29. The minimum atomic E-state index is -0.212. The van der Waals surface area contributed by atoms with Crippen LogP contribution < -0.4 is 0 Å². The van der Waals surface area contributed by atoms with Crippen LogP contribution in [0.15, 0.2) is 24.3 Å². The van der Waals surface area contributed by atoms with E-state index < -0.39 is 0 Å². The SMILES string of the molecule is CN1CCC(CCC(CO)c2ccc(F)cc2)CC1. The molecule has 1 atom stereocenters. The maximum Gasteiger partial charge on any atom is 0.123 e. The fourth-order valence-electron chi connectivity index (χ4n) is 2.89. The van der Waals surface area contributed by atoms with Gasteiger partial charge in [-0.25, -0.2) is 4.39 Å². The summed E-state index contributed by atoms with van der Waals surface area (Å²) < 4.78 is 12.9. The molecule has 106 valence electrons. The van der Waals surface area contributed by atoms with Gasteiger partial charge in [-0.2, -0.15) is 0 Å². The third-order valence-corrected chi connectivity index (χ3v) is 4.32. The summed E-state index contributed by atoms with van der Waals surface area (Å²) in [5.74, 6) is 0.724. The van der Waals surface area contributed by atoms with E-state index in [0.717, 1.165) is 24.3 Å². The highest BCUT2D eigenvalue weighted by Gasteiger charge is 2.19. The van der Waals surface area contributed by atoms with Gasteiger partial charge < -0.3 is 10.0 Å². The van der Waals surface area contributed by atoms with Crippen molar-refractivity contribution < 1.29 is 9.50 Å². The van der Waals surface area contributed by atoms with Crippen molar-refractivity contribution in [3.8, 4) is 0 Å². The Balaban J connectivity index is 1.84. The van der Waals surface area contributed by atoms with Gasteiger partial charge in [-0.05, 0) is 69.4 Å². The Bertz CT molecular complexity index is 371. The summed E-state index contributed by atoms with van der Waals surface area (Å²) in [6, 6.07) is 6.55. The number of aliphatic hydroxyl groups is 1. The normalized spacial score (nSPS) is 19.5. The molecule has 1 aliphatic rings. The second-order valence-corrected chi connectivity index (χ2v) is 5.76. The van der Waals surface area contributed by atoms with E-state index in [1.165, 1.54) is 38.1 Å². The third kappa shape index (κ3) is 4.29. The van der Waals surface area contributed by atoms with Gasteiger partial charge in [0, 0.05) is 12.5 Å². The topological polar surface area (TPSA) is 23.5 Å². The van der Waals surface area contributed by atoms with Gasteiger partial charge >= 0.3 is 0 Å². The second kappa shape index (κ2) is 7.01. The minimum Gasteiger partial charge on any atom is -0.396 e. The highest BCUT2D eigenvalue weighted by atomic mass is 19.1. The molecule has 0 bridgehead atoms. The monoisotopic (exact) mass is 265 g/mol. The van der Waals surface area contributed by atoms with Crippen molar-refractivity contribution in [3.05, 3.63) is 35.6 Å². The number of likely N-dealkylation sites (tertiary alicyclic amines) is 1. The number of halogens is 1. The summed E-state index contributed by atoms with van der Waals surface area (Å²) in [6.45, 7) is 2.52. The number of benzene rings is 1. The second-order valence-electron chi connectivity index (χ2n) is 5.76. The third-order valence-electron chi connectivity index (χ3n) is 4.32. The first-order valence-electron chi connectivity index (χ1n) is 7.24. The summed E-state index contributed by atoms with van der Waals surface area (Å²) in [5.41, 5.74) is 1.05. The summed E-state index contributed by atoms with van der Waals surface area (Å²) in [5, 5.41) is 9.52. The number of hydrogen-bond acceptors (Lipinski definition) is 2. The molecular weight excluding hydrogens is 241 g/mol. The maximum atomic E-state index is 12.9. The number of piperidine rings is 1. The van der Waals surface area contributed by atoms with Crippen LogP contribution >= 0.6 is 0 Å². The van der Waals surface area contributed by atoms with Gasteiger partial charge in [0.15, 0.2) is 0 Å². The first-order valence-corrected chi connectivity index (χ1v) is 7.24. The molecular formula is C16H24FNO. The molecule has 1 aromatic rings. The Hall–Kier alpha value is -0.930. The molecule has 1 unspecified atom stereocenters. The van der Waals surface area contributed by atoms with E-state index in [-0.39, 0.29) is 18.3 Å². The van der Waals surface area contributed by atoms with Crippen molar-refractivity contribution in [1.29, 1.82) is 0 Å². The van der Waals surface area contributed by atoms with Crippen LogP contribution in [0, 0.1) is 11.7 Å². The zero-order valence-corrected chi connectivity index (χ0v) is 11.7. The molecule has 3 heteroatoms. The van der Waals surface area contributed by atoms with Gasteiger partial charge in [0.25, 0.3) is 0 Å². The van der Waals surface area contributed by atoms with Crippen LogP contribution in [0.2, 0.25) is 0 Å². The fourth-order valence-corrected chi connectivity index (χ4v) is 2.89. The Morgan fingerprint density at radius 3 is 2.47 bits per heavy atom. The van der Waals surface area contributed by atoms with Crippen molar-refractivity contribution in [3.63, 3.8) is 0 Å². The molecule has 2 nitrogen and oxygen atoms in total. The number of aliphatic hydroxyl groups excluding tert-OH is 1. The lowest BCUT2D eigenvalue weighted by Crippen LogP contribution is -2.30. The molecule has 0 radical (unpaired) electrons. The Labute approximate surface area is 115 Å². The number of rotatable bonds is 5. The summed E-state index contributed by atoms with van der Waals surface area (Å²) in [7, 11) is 2.17. The molecule has 1 fully saturated rings. The van der Waals surface area contributed by atoms with E-state index in [1.54, 1.807) is 12.1 Å². The molecule has 1 heterocycles. The van der Waals surface area contributed by atoms with Gasteiger partial charge in [0.2, 0.25) is 0 Å². The molecule has 0 saturated carbocycles. The maximum absolute atomic E-state index is 12.9. The van der Waals surface area contributed by atoms with E-state index >= 15 is 0 Å². The molecule has 2 rings (SSSR count). The van der Waals surface area contributed by atoms with Crippen molar-refractivity contribution in [2.45, 2.75) is 31.6 Å². The van der Waals surface area contributed by atoms with Crippen molar-refractivity contribution in [1.82, 2.24) is 4.90 Å². The summed E-state index contributed by atoms with van der Waals surface area (Å²) >= 11 is 0. The van der Waals surface area contributed by atoms with Crippen molar-refractivity contribution in [2.24, 2.45) is 5.92 Å². The van der Waals surface area contributed by atoms with Gasteiger partial charge in [0.1, 0.15) is 5.82 Å². The Morgan fingerprint density at radius 1 is 1.26 bits per heavy atom. The predicted molar refractivity (Wildman–Crippen MR) is 75.7 cm³/mol. The lowest BCUT2D eigenvalue weighted by molar-refractivity contribution is 0.198. The largest absolute Gasteiger partial charge is 0.396 e. The standard InChI is InChI=1S/C16H24FNO/c1-18-10-8-13(9-11-18)2-3-15(12-19)14-4-6-16(17)7-5-14/h4-7,13,15,19H,2-3,8-12H2,1H3. The average Bonchev–Trinajstić information content (AvgIpc) is 2.43. The first-order chi connectivity index (χ1) is 9.19. The summed E-state index contributed by atoms with van der Waals surface area (Å²) in [4.78, 5) is 2.37. The molecule has 1 N–H and O–H groups in total. The molecule has 1 saturated heterocycles. The number of nitrogens with zero attached hydrogens (tertiary/aromatic N) is 1. The zero-order chi connectivity index (χ0) is 13.7. The Morgan fingerprint density at radius 2 is 1.89 bits per heavy atom. The van der Waals surface area contributed by atoms with Crippen LogP contribution in [0.4, 0.5) is 4.39 Å². The molecule has 1 aromatic carbocycles. The van der Waals surface area contributed by atoms with E-state index in [0.29, 0.717) is 0 Å². The van der Waals surface area contributed by atoms with Gasteiger partial charge in [0.05, 0.1) is 0 Å². The van der Waals surface area contributed by atoms with E-state index in [2.05, 4.69) is 11.9 Å². The first kappa shape index (κ1) is 14.5. The quantitative estimate of drug-likeness (QED) is 0.884. The van der Waals surface area contributed by atoms with Gasteiger partial charge in [-0.15, -0.1) is 0 Å². The predicted octanol–water partition coefficient (Wildman–Crippen LogP) is 3.02. The minimum absolute atomic E-state index is 0.151. The van der Waals surface area contributed by atoms with E-state index in [1.807, 2.05) is 0 Å². The molecule has 0 aromatic heterocycles. The fraction of sp³-hybridized carbons (Fsp3) is 0.625. The molecule has 0 amide bonds. The van der Waals surface area contributed by atoms with Gasteiger partial charge in [-0.3, -0.25) is 0 Å². The smallest absolute Gasteiger partial charge is 0.123 e. The van der Waals surface area contributed by atoms with Crippen molar-refractivity contribution >= 4 is 0 Å². The average molecular weight is 265 g/mol. The van der Waals surface area contributed by atoms with Crippen LogP contribution in [0.3, 0.4) is 0 Å². The van der Waals surface area contributed by atoms with Gasteiger partial charge in [-0.1, -0.05) is 12.1 Å².